The van der Waals surface area contributed by atoms with Crippen molar-refractivity contribution in [3.05, 3.63) is 51.6 Å². The third-order valence-corrected chi connectivity index (χ3v) is 5.25. The summed E-state index contributed by atoms with van der Waals surface area (Å²) in [6.07, 6.45) is 10.4. The first-order valence-electron chi connectivity index (χ1n) is 7.66. The van der Waals surface area contributed by atoms with Crippen LogP contribution in [-0.2, 0) is 19.3 Å². The summed E-state index contributed by atoms with van der Waals surface area (Å²) in [4.78, 5) is 0. The van der Waals surface area contributed by atoms with Gasteiger partial charge in [0.2, 0.25) is 0 Å². The van der Waals surface area contributed by atoms with Gasteiger partial charge in [-0.3, -0.25) is 0 Å². The quantitative estimate of drug-likeness (QED) is 0.592. The first kappa shape index (κ1) is 12.5. The maximum Gasteiger partial charge on any atom is 0.0487 e. The molecule has 0 saturated heterocycles. The molecular weight excluding hydrogens is 264 g/mol. The van der Waals surface area contributed by atoms with Crippen molar-refractivity contribution in [2.24, 2.45) is 5.92 Å². The summed E-state index contributed by atoms with van der Waals surface area (Å²) < 4.78 is 0. The van der Waals surface area contributed by atoms with Gasteiger partial charge in [-0.2, -0.15) is 0 Å². The third-order valence-electron chi connectivity index (χ3n) is 4.94. The standard InChI is InChI=1S/C19H19Cl/c1-12-6-7-13-8-9-15-14-4-2-3-5-16(14)19(20)11-18(15)17(13)10-12/h3,5,8-9,11-12H,2,4,6-7,10H2,1H3. The highest BCUT2D eigenvalue weighted by molar-refractivity contribution is 6.33. The van der Waals surface area contributed by atoms with Gasteiger partial charge in [0.25, 0.3) is 0 Å². The number of benzene rings is 2. The Balaban J connectivity index is 2.05. The Labute approximate surface area is 125 Å². The molecule has 2 aliphatic rings. The van der Waals surface area contributed by atoms with Crippen molar-refractivity contribution in [1.82, 2.24) is 0 Å². The average molecular weight is 283 g/mol. The van der Waals surface area contributed by atoms with E-state index in [9.17, 15) is 0 Å². The number of hydrogen-bond acceptors (Lipinski definition) is 0. The van der Waals surface area contributed by atoms with Crippen LogP contribution in [0.5, 0.6) is 0 Å². The lowest BCUT2D eigenvalue weighted by Gasteiger charge is -2.25. The van der Waals surface area contributed by atoms with E-state index in [1.54, 1.807) is 5.56 Å². The Bertz CT molecular complexity index is 724. The van der Waals surface area contributed by atoms with Crippen molar-refractivity contribution in [3.8, 4) is 0 Å². The molecule has 2 aromatic carbocycles. The fourth-order valence-corrected chi connectivity index (χ4v) is 4.12. The van der Waals surface area contributed by atoms with E-state index in [2.05, 4.69) is 37.3 Å². The molecule has 0 radical (unpaired) electrons. The number of aryl methyl sites for hydroxylation is 2. The first-order valence-corrected chi connectivity index (χ1v) is 8.04. The van der Waals surface area contributed by atoms with Crippen molar-refractivity contribution >= 4 is 28.4 Å². The molecule has 0 fully saturated rings. The van der Waals surface area contributed by atoms with Crippen LogP contribution in [0.4, 0.5) is 0 Å². The molecule has 0 spiro atoms. The zero-order valence-corrected chi connectivity index (χ0v) is 12.6. The second kappa shape index (κ2) is 4.63. The van der Waals surface area contributed by atoms with Gasteiger partial charge in [0.1, 0.15) is 0 Å². The van der Waals surface area contributed by atoms with Crippen LogP contribution in [0.1, 0.15) is 42.0 Å². The van der Waals surface area contributed by atoms with Crippen molar-refractivity contribution in [3.63, 3.8) is 0 Å². The van der Waals surface area contributed by atoms with Crippen LogP contribution in [-0.4, -0.2) is 0 Å². The van der Waals surface area contributed by atoms with Crippen LogP contribution in [0.25, 0.3) is 16.8 Å². The van der Waals surface area contributed by atoms with Gasteiger partial charge in [-0.1, -0.05) is 42.8 Å². The smallest absolute Gasteiger partial charge is 0.0487 e. The number of halogens is 1. The summed E-state index contributed by atoms with van der Waals surface area (Å²) in [5.74, 6) is 0.794. The maximum atomic E-state index is 6.55. The molecule has 2 aromatic rings. The summed E-state index contributed by atoms with van der Waals surface area (Å²) >= 11 is 6.55. The topological polar surface area (TPSA) is 0 Å². The fraction of sp³-hybridized carbons (Fsp3) is 0.368. The first-order chi connectivity index (χ1) is 9.74. The molecule has 0 saturated carbocycles. The summed E-state index contributed by atoms with van der Waals surface area (Å²) in [5, 5.41) is 3.77. The maximum absolute atomic E-state index is 6.55. The largest absolute Gasteiger partial charge is 0.0837 e. The second-order valence-corrected chi connectivity index (χ2v) is 6.75. The van der Waals surface area contributed by atoms with Crippen LogP contribution < -0.4 is 0 Å². The predicted octanol–water partition coefficient (Wildman–Crippen LogP) is 5.58. The Hall–Kier alpha value is -1.27. The second-order valence-electron chi connectivity index (χ2n) is 6.34. The molecule has 20 heavy (non-hydrogen) atoms. The van der Waals surface area contributed by atoms with Gasteiger partial charge in [0.05, 0.1) is 0 Å². The van der Waals surface area contributed by atoms with Crippen LogP contribution in [0.3, 0.4) is 0 Å². The summed E-state index contributed by atoms with van der Waals surface area (Å²) in [5.41, 5.74) is 5.80. The van der Waals surface area contributed by atoms with Crippen LogP contribution in [0.15, 0.2) is 24.3 Å². The van der Waals surface area contributed by atoms with E-state index in [1.807, 2.05) is 0 Å². The van der Waals surface area contributed by atoms with Crippen LogP contribution in [0.2, 0.25) is 5.02 Å². The summed E-state index contributed by atoms with van der Waals surface area (Å²) in [6, 6.07) is 6.90. The van der Waals surface area contributed by atoms with Crippen LogP contribution >= 0.6 is 11.6 Å². The fourth-order valence-electron chi connectivity index (χ4n) is 3.84. The zero-order chi connectivity index (χ0) is 13.7. The lowest BCUT2D eigenvalue weighted by molar-refractivity contribution is 0.504. The van der Waals surface area contributed by atoms with Gasteiger partial charge in [-0.05, 0) is 77.1 Å². The van der Waals surface area contributed by atoms with Gasteiger partial charge in [0, 0.05) is 5.02 Å². The van der Waals surface area contributed by atoms with E-state index < -0.39 is 0 Å². The van der Waals surface area contributed by atoms with E-state index >= 15 is 0 Å². The molecule has 4 rings (SSSR count). The highest BCUT2D eigenvalue weighted by Gasteiger charge is 2.20. The van der Waals surface area contributed by atoms with Crippen molar-refractivity contribution in [2.75, 3.05) is 0 Å². The van der Waals surface area contributed by atoms with Gasteiger partial charge < -0.3 is 0 Å². The lowest BCUT2D eigenvalue weighted by atomic mass is 9.80. The molecule has 0 aromatic heterocycles. The van der Waals surface area contributed by atoms with E-state index in [0.717, 1.165) is 23.8 Å². The Kier molecular flexibility index (Phi) is 2.89. The minimum Gasteiger partial charge on any atom is -0.0837 e. The van der Waals surface area contributed by atoms with Gasteiger partial charge >= 0.3 is 0 Å². The zero-order valence-electron chi connectivity index (χ0n) is 11.9. The van der Waals surface area contributed by atoms with Gasteiger partial charge in [0.15, 0.2) is 0 Å². The normalized spacial score (nSPS) is 20.8. The minimum absolute atomic E-state index is 0.794. The SMILES string of the molecule is CC1CCc2ccc3c4c(c(Cl)cc3c2C1)C=CCC4. The third kappa shape index (κ3) is 1.82. The van der Waals surface area contributed by atoms with Gasteiger partial charge in [-0.15, -0.1) is 0 Å². The van der Waals surface area contributed by atoms with E-state index in [-0.39, 0.29) is 0 Å². The monoisotopic (exact) mass is 282 g/mol. The molecule has 0 amide bonds. The van der Waals surface area contributed by atoms with Gasteiger partial charge in [-0.25, -0.2) is 0 Å². The lowest BCUT2D eigenvalue weighted by Crippen LogP contribution is -2.12. The molecule has 1 heteroatoms. The number of hydrogen-bond donors (Lipinski definition) is 0. The highest BCUT2D eigenvalue weighted by atomic mass is 35.5. The Morgan fingerprint density at radius 2 is 2.00 bits per heavy atom. The molecule has 0 aliphatic heterocycles. The Morgan fingerprint density at radius 3 is 2.90 bits per heavy atom. The predicted molar refractivity (Wildman–Crippen MR) is 87.5 cm³/mol. The molecule has 1 atom stereocenters. The van der Waals surface area contributed by atoms with E-state index in [0.29, 0.717) is 0 Å². The van der Waals surface area contributed by atoms with Crippen molar-refractivity contribution in [2.45, 2.75) is 39.0 Å². The molecule has 0 bridgehead atoms. The molecule has 102 valence electrons. The van der Waals surface area contributed by atoms with Crippen LogP contribution in [0, 0.1) is 5.92 Å². The molecule has 2 aliphatic carbocycles. The summed E-state index contributed by atoms with van der Waals surface area (Å²) in [7, 11) is 0. The van der Waals surface area contributed by atoms with Crippen molar-refractivity contribution in [1.29, 1.82) is 0 Å². The molecule has 0 nitrogen and oxygen atoms in total. The van der Waals surface area contributed by atoms with Crippen molar-refractivity contribution < 1.29 is 0 Å². The minimum atomic E-state index is 0.794. The summed E-state index contributed by atoms with van der Waals surface area (Å²) in [6.45, 7) is 2.37. The highest BCUT2D eigenvalue weighted by Crippen LogP contribution is 2.38. The number of rotatable bonds is 0. The van der Waals surface area contributed by atoms with E-state index in [1.165, 1.54) is 46.7 Å². The average Bonchev–Trinajstić information content (AvgIpc) is 2.47. The molecule has 0 heterocycles. The number of allylic oxidation sites excluding steroid dienone is 1. The van der Waals surface area contributed by atoms with E-state index in [4.69, 9.17) is 11.6 Å². The Morgan fingerprint density at radius 1 is 1.10 bits per heavy atom. The molecule has 0 N–H and O–H groups in total. The molecule has 1 unspecified atom stereocenters. The molecular formula is C19H19Cl. The number of fused-ring (bicyclic) bond motifs is 5.